The van der Waals surface area contributed by atoms with Gasteiger partial charge in [-0.15, -0.1) is 0 Å². The van der Waals surface area contributed by atoms with Crippen LogP contribution in [0.4, 0.5) is 0 Å². The Labute approximate surface area is 184 Å². The summed E-state index contributed by atoms with van der Waals surface area (Å²) in [6, 6.07) is 0. The minimum atomic E-state index is -4.60. The van der Waals surface area contributed by atoms with Crippen molar-refractivity contribution in [3.05, 3.63) is 0 Å². The highest BCUT2D eigenvalue weighted by Crippen LogP contribution is 2.22. The van der Waals surface area contributed by atoms with Gasteiger partial charge >= 0.3 is 20.8 Å². The van der Waals surface area contributed by atoms with Gasteiger partial charge in [0.05, 0.1) is 12.7 Å². The summed E-state index contributed by atoms with van der Waals surface area (Å²) in [5, 5.41) is 0. The van der Waals surface area contributed by atoms with E-state index in [1.165, 1.54) is 57.8 Å². The zero-order valence-corrected chi connectivity index (χ0v) is 20.3. The van der Waals surface area contributed by atoms with E-state index in [-0.39, 0.29) is 25.4 Å². The van der Waals surface area contributed by atoms with E-state index in [0.29, 0.717) is 0 Å². The second kappa shape index (κ2) is 17.3. The highest BCUT2D eigenvalue weighted by molar-refractivity contribution is 7.81. The van der Waals surface area contributed by atoms with E-state index in [1.54, 1.807) is 0 Å². The third-order valence-electron chi connectivity index (χ3n) is 5.26. The van der Waals surface area contributed by atoms with Gasteiger partial charge in [-0.1, -0.05) is 90.9 Å². The molecule has 0 saturated heterocycles. The highest BCUT2D eigenvalue weighted by Gasteiger charge is 2.23. The van der Waals surface area contributed by atoms with Crippen molar-refractivity contribution >= 4 is 20.8 Å². The van der Waals surface area contributed by atoms with Crippen molar-refractivity contribution in [2.45, 2.75) is 116 Å². The predicted octanol–water partition coefficient (Wildman–Crippen LogP) is 5.50. The predicted molar refractivity (Wildman–Crippen MR) is 118 cm³/mol. The lowest BCUT2D eigenvalue weighted by Gasteiger charge is -2.22. The fourth-order valence-corrected chi connectivity index (χ4v) is 4.45. The van der Waals surface area contributed by atoms with Crippen molar-refractivity contribution in [1.29, 1.82) is 0 Å². The molecule has 0 aromatic heterocycles. The van der Waals surface area contributed by atoms with E-state index in [0.717, 1.165) is 25.7 Å². The van der Waals surface area contributed by atoms with Crippen molar-refractivity contribution in [3.8, 4) is 0 Å². The number of unbranched alkanes of at least 4 members (excludes halogenated alkanes) is 11. The number of hydrogen-bond donors (Lipinski definition) is 2. The summed E-state index contributed by atoms with van der Waals surface area (Å²) in [6.07, 6.45) is 15.2. The van der Waals surface area contributed by atoms with E-state index in [1.807, 2.05) is 6.92 Å². The SMILES string of the molecule is CCCCCCCCCCCCCCC(C)C(CCCOS(=O)(=O)O)OS(=O)(=O)O. The molecule has 8 nitrogen and oxygen atoms in total. The maximum absolute atomic E-state index is 11.1. The van der Waals surface area contributed by atoms with Crippen LogP contribution in [-0.2, 0) is 29.2 Å². The maximum atomic E-state index is 11.1. The van der Waals surface area contributed by atoms with Gasteiger partial charge in [0.1, 0.15) is 0 Å². The second-order valence-corrected chi connectivity index (χ2v) is 10.2. The van der Waals surface area contributed by atoms with Crippen LogP contribution in [-0.4, -0.2) is 38.7 Å². The van der Waals surface area contributed by atoms with Gasteiger partial charge < -0.3 is 0 Å². The standard InChI is InChI=1S/C20H42O8S2/c1-3-4-5-6-7-8-9-10-11-12-13-14-16-19(2)20(28-30(24,25)26)17-15-18-27-29(21,22)23/h19-20H,3-18H2,1-2H3,(H,21,22,23)(H,24,25,26). The minimum Gasteiger partial charge on any atom is -0.264 e. The van der Waals surface area contributed by atoms with E-state index < -0.39 is 26.9 Å². The van der Waals surface area contributed by atoms with Crippen molar-refractivity contribution in [2.75, 3.05) is 6.61 Å². The van der Waals surface area contributed by atoms with Gasteiger partial charge in [0, 0.05) is 0 Å². The first-order valence-corrected chi connectivity index (χ1v) is 14.1. The molecular formula is C20H42O8S2. The molecule has 0 saturated carbocycles. The van der Waals surface area contributed by atoms with Crippen molar-refractivity contribution in [3.63, 3.8) is 0 Å². The fourth-order valence-electron chi connectivity index (χ4n) is 3.53. The molecule has 182 valence electrons. The summed E-state index contributed by atoms with van der Waals surface area (Å²) < 4.78 is 69.7. The smallest absolute Gasteiger partial charge is 0.264 e. The Morgan fingerprint density at radius 2 is 1.13 bits per heavy atom. The van der Waals surface area contributed by atoms with Gasteiger partial charge in [0.2, 0.25) is 0 Å². The zero-order chi connectivity index (χ0) is 22.9. The highest BCUT2D eigenvalue weighted by atomic mass is 32.3. The van der Waals surface area contributed by atoms with Crippen LogP contribution >= 0.6 is 0 Å². The lowest BCUT2D eigenvalue weighted by molar-refractivity contribution is 0.108. The quantitative estimate of drug-likeness (QED) is 0.165. The molecule has 2 N–H and O–H groups in total. The van der Waals surface area contributed by atoms with Crippen LogP contribution in [0.5, 0.6) is 0 Å². The molecule has 30 heavy (non-hydrogen) atoms. The Morgan fingerprint density at radius 3 is 1.57 bits per heavy atom. The molecule has 0 radical (unpaired) electrons. The molecule has 2 atom stereocenters. The topological polar surface area (TPSA) is 127 Å². The van der Waals surface area contributed by atoms with Gasteiger partial charge in [-0.25, -0.2) is 8.37 Å². The Balaban J connectivity index is 3.94. The Kier molecular flexibility index (Phi) is 17.2. The molecule has 0 aromatic carbocycles. The Morgan fingerprint density at radius 1 is 0.667 bits per heavy atom. The van der Waals surface area contributed by atoms with Crippen LogP contribution < -0.4 is 0 Å². The first kappa shape index (κ1) is 29.7. The molecule has 0 aromatic rings. The minimum absolute atomic E-state index is 0.124. The van der Waals surface area contributed by atoms with E-state index >= 15 is 0 Å². The van der Waals surface area contributed by atoms with Crippen LogP contribution in [0.1, 0.15) is 110 Å². The third-order valence-corrected chi connectivity index (χ3v) is 6.21. The van der Waals surface area contributed by atoms with Crippen LogP contribution in [0.15, 0.2) is 0 Å². The molecule has 0 bridgehead atoms. The monoisotopic (exact) mass is 474 g/mol. The molecule has 0 spiro atoms. The number of rotatable bonds is 21. The van der Waals surface area contributed by atoms with Crippen molar-refractivity contribution < 1.29 is 34.3 Å². The summed E-state index contributed by atoms with van der Waals surface area (Å²) in [6.45, 7) is 3.79. The second-order valence-electron chi connectivity index (χ2n) is 8.11. The molecule has 0 rings (SSSR count). The third kappa shape index (κ3) is 21.0. The van der Waals surface area contributed by atoms with Crippen molar-refractivity contribution in [2.24, 2.45) is 5.92 Å². The maximum Gasteiger partial charge on any atom is 0.397 e. The zero-order valence-electron chi connectivity index (χ0n) is 18.6. The normalized spacial score (nSPS) is 14.7. The molecule has 0 aliphatic heterocycles. The number of hydrogen-bond acceptors (Lipinski definition) is 6. The summed E-state index contributed by atoms with van der Waals surface area (Å²) in [7, 11) is -9.12. The lowest BCUT2D eigenvalue weighted by atomic mass is 9.94. The lowest BCUT2D eigenvalue weighted by Crippen LogP contribution is -2.26. The summed E-state index contributed by atoms with van der Waals surface area (Å²) in [5.74, 6) is -0.124. The van der Waals surface area contributed by atoms with Gasteiger partial charge in [-0.2, -0.15) is 16.8 Å². The van der Waals surface area contributed by atoms with E-state index in [4.69, 9.17) is 13.3 Å². The summed E-state index contributed by atoms with van der Waals surface area (Å²) >= 11 is 0. The van der Waals surface area contributed by atoms with Gasteiger partial charge in [0.25, 0.3) is 0 Å². The molecule has 0 fully saturated rings. The molecule has 0 heterocycles. The summed E-state index contributed by atoms with van der Waals surface area (Å²) in [5.41, 5.74) is 0. The molecule has 0 aliphatic rings. The molecule has 0 amide bonds. The molecular weight excluding hydrogens is 432 g/mol. The first-order valence-electron chi connectivity index (χ1n) is 11.3. The van der Waals surface area contributed by atoms with Gasteiger partial charge in [-0.05, 0) is 25.2 Å². The summed E-state index contributed by atoms with van der Waals surface area (Å²) in [4.78, 5) is 0. The molecule has 0 aliphatic carbocycles. The van der Waals surface area contributed by atoms with Crippen LogP contribution in [0.2, 0.25) is 0 Å². The van der Waals surface area contributed by atoms with E-state index in [2.05, 4.69) is 11.1 Å². The van der Waals surface area contributed by atoms with Crippen molar-refractivity contribution in [1.82, 2.24) is 0 Å². The van der Waals surface area contributed by atoms with Crippen LogP contribution in [0.3, 0.4) is 0 Å². The first-order chi connectivity index (χ1) is 14.0. The molecule has 2 unspecified atom stereocenters. The van der Waals surface area contributed by atoms with E-state index in [9.17, 15) is 16.8 Å². The average Bonchev–Trinajstić information content (AvgIpc) is 2.63. The van der Waals surface area contributed by atoms with Gasteiger partial charge in [-0.3, -0.25) is 9.11 Å². The van der Waals surface area contributed by atoms with Crippen LogP contribution in [0.25, 0.3) is 0 Å². The fraction of sp³-hybridized carbons (Fsp3) is 1.00. The Bertz CT molecular complexity index is 604. The Hall–Kier alpha value is -0.260. The molecule has 10 heteroatoms. The van der Waals surface area contributed by atoms with Crippen LogP contribution in [0, 0.1) is 5.92 Å². The largest absolute Gasteiger partial charge is 0.397 e. The van der Waals surface area contributed by atoms with Gasteiger partial charge in [0.15, 0.2) is 0 Å². The average molecular weight is 475 g/mol.